The highest BCUT2D eigenvalue weighted by Crippen LogP contribution is 2.39. The maximum absolute atomic E-state index is 5.53. The van der Waals surface area contributed by atoms with Gasteiger partial charge in [-0.05, 0) is 12.1 Å². The molecule has 2 aromatic carbocycles. The van der Waals surface area contributed by atoms with Crippen molar-refractivity contribution in [1.82, 2.24) is 4.98 Å². The fraction of sp³-hybridized carbons (Fsp3) is 0.167. The van der Waals surface area contributed by atoms with E-state index in [1.807, 2.05) is 48.5 Å². The van der Waals surface area contributed by atoms with E-state index in [4.69, 9.17) is 19.2 Å². The number of fused-ring (bicyclic) bond motifs is 1. The molecule has 0 aliphatic rings. The first kappa shape index (κ1) is 14.2. The Morgan fingerprint density at radius 3 is 2.14 bits per heavy atom. The van der Waals surface area contributed by atoms with Crippen LogP contribution in [0.5, 0.6) is 17.2 Å². The highest BCUT2D eigenvalue weighted by Gasteiger charge is 2.15. The Kier molecular flexibility index (Phi) is 3.83. The zero-order valence-electron chi connectivity index (χ0n) is 12.8. The second kappa shape index (κ2) is 5.93. The van der Waals surface area contributed by atoms with Crippen LogP contribution in [0.25, 0.3) is 22.2 Å². The number of hydrogen-bond acceptors (Lipinski definition) is 4. The molecule has 3 rings (SSSR count). The number of ether oxygens (including phenoxy) is 3. The van der Waals surface area contributed by atoms with Crippen LogP contribution in [0.4, 0.5) is 0 Å². The lowest BCUT2D eigenvalue weighted by Crippen LogP contribution is -1.96. The zero-order chi connectivity index (χ0) is 15.5. The Bertz CT molecular complexity index is 800. The molecule has 1 heterocycles. The van der Waals surface area contributed by atoms with Gasteiger partial charge in [0, 0.05) is 17.0 Å². The summed E-state index contributed by atoms with van der Waals surface area (Å²) in [7, 11) is 4.88. The molecular formula is C18H17NO3. The van der Waals surface area contributed by atoms with Gasteiger partial charge >= 0.3 is 0 Å². The maximum Gasteiger partial charge on any atom is 0.187 e. The minimum Gasteiger partial charge on any atom is -0.496 e. The molecule has 0 fully saturated rings. The molecule has 4 nitrogen and oxygen atoms in total. The molecular weight excluding hydrogens is 278 g/mol. The van der Waals surface area contributed by atoms with Gasteiger partial charge in [-0.15, -0.1) is 0 Å². The van der Waals surface area contributed by atoms with Crippen molar-refractivity contribution in [2.45, 2.75) is 0 Å². The molecule has 0 atom stereocenters. The molecule has 0 bridgehead atoms. The van der Waals surface area contributed by atoms with Crippen LogP contribution in [0.3, 0.4) is 0 Å². The molecule has 0 spiro atoms. The van der Waals surface area contributed by atoms with Gasteiger partial charge in [0.15, 0.2) is 11.5 Å². The molecule has 0 saturated heterocycles. The summed E-state index contributed by atoms with van der Waals surface area (Å²) < 4.78 is 16.4. The maximum atomic E-state index is 5.53. The van der Waals surface area contributed by atoms with E-state index in [1.165, 1.54) is 0 Å². The minimum atomic E-state index is 0.607. The summed E-state index contributed by atoms with van der Waals surface area (Å²) in [6.45, 7) is 0. The molecule has 0 aliphatic heterocycles. The molecule has 112 valence electrons. The van der Waals surface area contributed by atoms with E-state index >= 15 is 0 Å². The fourth-order valence-corrected chi connectivity index (χ4v) is 2.50. The van der Waals surface area contributed by atoms with Crippen molar-refractivity contribution in [3.8, 4) is 28.5 Å². The number of methoxy groups -OCH3 is 3. The Labute approximate surface area is 129 Å². The lowest BCUT2D eigenvalue weighted by Gasteiger charge is -2.14. The van der Waals surface area contributed by atoms with E-state index in [2.05, 4.69) is 0 Å². The van der Waals surface area contributed by atoms with Crippen molar-refractivity contribution in [3.05, 3.63) is 48.5 Å². The van der Waals surface area contributed by atoms with Crippen LogP contribution in [-0.4, -0.2) is 26.3 Å². The van der Waals surface area contributed by atoms with Crippen molar-refractivity contribution < 1.29 is 14.2 Å². The summed E-state index contributed by atoms with van der Waals surface area (Å²) >= 11 is 0. The monoisotopic (exact) mass is 295 g/mol. The molecule has 4 heteroatoms. The molecule has 1 aromatic heterocycles. The smallest absolute Gasteiger partial charge is 0.187 e. The average molecular weight is 295 g/mol. The minimum absolute atomic E-state index is 0.607. The molecule has 0 saturated carbocycles. The predicted molar refractivity (Wildman–Crippen MR) is 86.8 cm³/mol. The first-order valence-corrected chi connectivity index (χ1v) is 6.93. The molecule has 0 aliphatic carbocycles. The van der Waals surface area contributed by atoms with Gasteiger partial charge in [-0.25, -0.2) is 4.98 Å². The average Bonchev–Trinajstić information content (AvgIpc) is 2.60. The third-order valence-corrected chi connectivity index (χ3v) is 3.57. The summed E-state index contributed by atoms with van der Waals surface area (Å²) in [4.78, 5) is 4.75. The van der Waals surface area contributed by atoms with E-state index in [0.717, 1.165) is 27.9 Å². The second-order valence-electron chi connectivity index (χ2n) is 4.77. The highest BCUT2D eigenvalue weighted by molar-refractivity contribution is 5.94. The molecule has 3 aromatic rings. The SMILES string of the molecule is COc1ccc2c(OC)cc(-c3ccccc3)nc2c1OC. The van der Waals surface area contributed by atoms with Crippen molar-refractivity contribution in [1.29, 1.82) is 0 Å². The Hall–Kier alpha value is -2.75. The van der Waals surface area contributed by atoms with E-state index < -0.39 is 0 Å². The number of hydrogen-bond donors (Lipinski definition) is 0. The van der Waals surface area contributed by atoms with Gasteiger partial charge in [-0.1, -0.05) is 30.3 Å². The zero-order valence-corrected chi connectivity index (χ0v) is 12.8. The van der Waals surface area contributed by atoms with Crippen LogP contribution in [-0.2, 0) is 0 Å². The van der Waals surface area contributed by atoms with E-state index in [9.17, 15) is 0 Å². The van der Waals surface area contributed by atoms with E-state index in [-0.39, 0.29) is 0 Å². The Morgan fingerprint density at radius 2 is 1.50 bits per heavy atom. The second-order valence-corrected chi connectivity index (χ2v) is 4.77. The lowest BCUT2D eigenvalue weighted by atomic mass is 10.1. The predicted octanol–water partition coefficient (Wildman–Crippen LogP) is 3.93. The van der Waals surface area contributed by atoms with E-state index in [1.54, 1.807) is 21.3 Å². The van der Waals surface area contributed by atoms with Crippen molar-refractivity contribution >= 4 is 10.9 Å². The van der Waals surface area contributed by atoms with Crippen LogP contribution in [0.2, 0.25) is 0 Å². The summed E-state index contributed by atoms with van der Waals surface area (Å²) in [6.07, 6.45) is 0. The molecule has 0 N–H and O–H groups in total. The molecule has 0 unspecified atom stereocenters. The van der Waals surface area contributed by atoms with Crippen molar-refractivity contribution in [3.63, 3.8) is 0 Å². The standard InChI is InChI=1S/C18H17NO3/c1-20-15-10-9-13-16(21-2)11-14(12-7-5-4-6-8-12)19-17(13)18(15)22-3/h4-11H,1-3H3. The molecule has 0 amide bonds. The number of pyridine rings is 1. The van der Waals surface area contributed by atoms with Gasteiger partial charge in [0.25, 0.3) is 0 Å². The van der Waals surface area contributed by atoms with Gasteiger partial charge in [0.1, 0.15) is 11.3 Å². The number of rotatable bonds is 4. The van der Waals surface area contributed by atoms with Crippen molar-refractivity contribution in [2.24, 2.45) is 0 Å². The summed E-state index contributed by atoms with van der Waals surface area (Å²) in [5.41, 5.74) is 2.57. The summed E-state index contributed by atoms with van der Waals surface area (Å²) in [5.74, 6) is 2.01. The van der Waals surface area contributed by atoms with Gasteiger partial charge < -0.3 is 14.2 Å². The fourth-order valence-electron chi connectivity index (χ4n) is 2.50. The highest BCUT2D eigenvalue weighted by atomic mass is 16.5. The van der Waals surface area contributed by atoms with Crippen molar-refractivity contribution in [2.75, 3.05) is 21.3 Å². The first-order chi connectivity index (χ1) is 10.8. The largest absolute Gasteiger partial charge is 0.496 e. The number of benzene rings is 2. The summed E-state index contributed by atoms with van der Waals surface area (Å²) in [5, 5.41) is 0.889. The van der Waals surface area contributed by atoms with Crippen LogP contribution in [0, 0.1) is 0 Å². The van der Waals surface area contributed by atoms with Crippen LogP contribution in [0.1, 0.15) is 0 Å². The molecule has 22 heavy (non-hydrogen) atoms. The third-order valence-electron chi connectivity index (χ3n) is 3.57. The van der Waals surface area contributed by atoms with Crippen LogP contribution < -0.4 is 14.2 Å². The Morgan fingerprint density at radius 1 is 0.773 bits per heavy atom. The summed E-state index contributed by atoms with van der Waals surface area (Å²) in [6, 6.07) is 15.7. The Balaban J connectivity index is 2.33. The van der Waals surface area contributed by atoms with E-state index in [0.29, 0.717) is 11.5 Å². The van der Waals surface area contributed by atoms with Gasteiger partial charge in [0.2, 0.25) is 0 Å². The quantitative estimate of drug-likeness (QED) is 0.731. The normalized spacial score (nSPS) is 10.5. The van der Waals surface area contributed by atoms with Gasteiger partial charge in [0.05, 0.1) is 27.0 Å². The number of nitrogens with zero attached hydrogens (tertiary/aromatic N) is 1. The first-order valence-electron chi connectivity index (χ1n) is 6.93. The van der Waals surface area contributed by atoms with Crippen LogP contribution >= 0.6 is 0 Å². The number of aromatic nitrogens is 1. The third kappa shape index (κ3) is 2.33. The van der Waals surface area contributed by atoms with Crippen LogP contribution in [0.15, 0.2) is 48.5 Å². The van der Waals surface area contributed by atoms with Gasteiger partial charge in [-0.2, -0.15) is 0 Å². The molecule has 0 radical (unpaired) electrons. The lowest BCUT2D eigenvalue weighted by molar-refractivity contribution is 0.357. The van der Waals surface area contributed by atoms with Gasteiger partial charge in [-0.3, -0.25) is 0 Å². The topological polar surface area (TPSA) is 40.6 Å².